The third-order valence-corrected chi connectivity index (χ3v) is 2.19. The molecule has 1 N–H and O–H groups in total. The van der Waals surface area contributed by atoms with Gasteiger partial charge in [-0.1, -0.05) is 12.2 Å². The monoisotopic (exact) mass is 237 g/mol. The van der Waals surface area contributed by atoms with Crippen molar-refractivity contribution in [1.29, 1.82) is 0 Å². The summed E-state index contributed by atoms with van der Waals surface area (Å²) in [6, 6.07) is 1.23. The maximum Gasteiger partial charge on any atom is 0.338 e. The highest BCUT2D eigenvalue weighted by Crippen LogP contribution is 2.11. The van der Waals surface area contributed by atoms with Gasteiger partial charge in [0.1, 0.15) is 6.26 Å². The van der Waals surface area contributed by atoms with Crippen molar-refractivity contribution < 1.29 is 19.1 Å². The van der Waals surface area contributed by atoms with Gasteiger partial charge >= 0.3 is 5.97 Å². The fourth-order valence-electron chi connectivity index (χ4n) is 1.37. The van der Waals surface area contributed by atoms with Crippen molar-refractivity contribution in [3.8, 4) is 0 Å². The number of amides is 1. The van der Waals surface area contributed by atoms with Crippen LogP contribution in [0.5, 0.6) is 0 Å². The maximum absolute atomic E-state index is 11.9. The van der Waals surface area contributed by atoms with Gasteiger partial charge in [0, 0.05) is 19.2 Å². The van der Waals surface area contributed by atoms with Gasteiger partial charge in [-0.15, -0.1) is 0 Å². The van der Waals surface area contributed by atoms with Crippen LogP contribution < -0.4 is 0 Å². The number of carboxylic acid groups (broad SMARTS) is 1. The van der Waals surface area contributed by atoms with E-state index in [4.69, 9.17) is 9.52 Å². The molecule has 1 amide bonds. The van der Waals surface area contributed by atoms with Crippen molar-refractivity contribution in [2.45, 2.75) is 13.8 Å². The molecular weight excluding hydrogens is 222 g/mol. The standard InChI is InChI=1S/C12H15NO4/c1-4-13(6-8(2)3)11(14)10-5-9(7-17-10)12(15)16/h5,7H,2,4,6H2,1,3H3,(H,15,16). The molecule has 0 aliphatic heterocycles. The molecule has 1 aromatic heterocycles. The molecule has 92 valence electrons. The van der Waals surface area contributed by atoms with Gasteiger partial charge < -0.3 is 14.4 Å². The second-order valence-corrected chi connectivity index (χ2v) is 3.78. The summed E-state index contributed by atoms with van der Waals surface area (Å²) in [4.78, 5) is 24.1. The number of carbonyl (C=O) groups excluding carboxylic acids is 1. The lowest BCUT2D eigenvalue weighted by Crippen LogP contribution is -2.31. The lowest BCUT2D eigenvalue weighted by atomic mass is 10.2. The van der Waals surface area contributed by atoms with Crippen molar-refractivity contribution in [1.82, 2.24) is 4.90 Å². The zero-order valence-corrected chi connectivity index (χ0v) is 9.90. The van der Waals surface area contributed by atoms with Gasteiger partial charge in [0.15, 0.2) is 5.76 Å². The van der Waals surface area contributed by atoms with Gasteiger partial charge in [0.25, 0.3) is 5.91 Å². The van der Waals surface area contributed by atoms with Crippen LogP contribution >= 0.6 is 0 Å². The largest absolute Gasteiger partial charge is 0.478 e. The van der Waals surface area contributed by atoms with Crippen LogP contribution in [0.1, 0.15) is 34.8 Å². The second kappa shape index (κ2) is 5.34. The molecule has 5 nitrogen and oxygen atoms in total. The number of rotatable bonds is 5. The fraction of sp³-hybridized carbons (Fsp3) is 0.333. The average Bonchev–Trinajstić information content (AvgIpc) is 2.73. The smallest absolute Gasteiger partial charge is 0.338 e. The number of furan rings is 1. The summed E-state index contributed by atoms with van der Waals surface area (Å²) in [5.41, 5.74) is 0.824. The first kappa shape index (κ1) is 13.0. The lowest BCUT2D eigenvalue weighted by molar-refractivity contribution is 0.0694. The number of nitrogens with zero attached hydrogens (tertiary/aromatic N) is 1. The Labute approximate surface area is 99.3 Å². The van der Waals surface area contributed by atoms with Crippen molar-refractivity contribution in [3.63, 3.8) is 0 Å². The van der Waals surface area contributed by atoms with E-state index in [2.05, 4.69) is 6.58 Å². The van der Waals surface area contributed by atoms with Crippen LogP contribution in [-0.2, 0) is 0 Å². The summed E-state index contributed by atoms with van der Waals surface area (Å²) in [6.07, 6.45) is 1.06. The molecule has 0 radical (unpaired) electrons. The molecule has 1 rings (SSSR count). The molecule has 0 atom stereocenters. The highest BCUT2D eigenvalue weighted by Gasteiger charge is 2.19. The molecule has 5 heteroatoms. The number of likely N-dealkylation sites (N-methyl/N-ethyl adjacent to an activating group) is 1. The minimum Gasteiger partial charge on any atom is -0.478 e. The highest BCUT2D eigenvalue weighted by molar-refractivity contribution is 5.95. The Kier molecular flexibility index (Phi) is 4.09. The Balaban J connectivity index is 2.86. The van der Waals surface area contributed by atoms with Crippen LogP contribution in [0.4, 0.5) is 0 Å². The van der Waals surface area contributed by atoms with E-state index in [1.54, 1.807) is 0 Å². The Bertz CT molecular complexity index is 447. The normalized spacial score (nSPS) is 10.0. The number of aromatic carboxylic acids is 1. The summed E-state index contributed by atoms with van der Waals surface area (Å²) < 4.78 is 4.95. The van der Waals surface area contributed by atoms with Gasteiger partial charge in [0.2, 0.25) is 0 Å². The van der Waals surface area contributed by atoms with E-state index in [1.807, 2.05) is 13.8 Å². The number of carboxylic acids is 1. The molecule has 0 saturated carbocycles. The zero-order valence-electron chi connectivity index (χ0n) is 9.90. The Hall–Kier alpha value is -2.04. The molecule has 0 saturated heterocycles. The third-order valence-electron chi connectivity index (χ3n) is 2.19. The molecule has 1 aromatic rings. The lowest BCUT2D eigenvalue weighted by Gasteiger charge is -2.19. The van der Waals surface area contributed by atoms with Crippen LogP contribution in [0.3, 0.4) is 0 Å². The molecule has 0 fully saturated rings. The first-order valence-corrected chi connectivity index (χ1v) is 5.21. The number of hydrogen-bond acceptors (Lipinski definition) is 3. The van der Waals surface area contributed by atoms with Crippen LogP contribution in [0.25, 0.3) is 0 Å². The SMILES string of the molecule is C=C(C)CN(CC)C(=O)c1cc(C(=O)O)co1. The second-order valence-electron chi connectivity index (χ2n) is 3.78. The van der Waals surface area contributed by atoms with Crippen molar-refractivity contribution >= 4 is 11.9 Å². The van der Waals surface area contributed by atoms with Gasteiger partial charge in [-0.2, -0.15) is 0 Å². The molecular formula is C12H15NO4. The van der Waals surface area contributed by atoms with Gasteiger partial charge in [-0.25, -0.2) is 4.79 Å². The molecule has 0 bridgehead atoms. The first-order valence-electron chi connectivity index (χ1n) is 5.21. The van der Waals surface area contributed by atoms with Crippen LogP contribution in [0.2, 0.25) is 0 Å². The third kappa shape index (κ3) is 3.21. The number of hydrogen-bond donors (Lipinski definition) is 1. The van der Waals surface area contributed by atoms with Gasteiger partial charge in [-0.05, 0) is 13.8 Å². The predicted molar refractivity (Wildman–Crippen MR) is 62.1 cm³/mol. The van der Waals surface area contributed by atoms with Crippen molar-refractivity contribution in [2.75, 3.05) is 13.1 Å². The van der Waals surface area contributed by atoms with Gasteiger partial charge in [-0.3, -0.25) is 4.79 Å². The van der Waals surface area contributed by atoms with Crippen LogP contribution in [0, 0.1) is 0 Å². The summed E-state index contributed by atoms with van der Waals surface area (Å²) in [6.45, 7) is 8.33. The topological polar surface area (TPSA) is 70.8 Å². The zero-order chi connectivity index (χ0) is 13.0. The predicted octanol–water partition coefficient (Wildman–Crippen LogP) is 2.02. The first-order chi connectivity index (χ1) is 7.95. The summed E-state index contributed by atoms with van der Waals surface area (Å²) in [5, 5.41) is 8.72. The Morgan fingerprint density at radius 2 is 2.18 bits per heavy atom. The summed E-state index contributed by atoms with van der Waals surface area (Å²) in [5.74, 6) is -1.41. The van der Waals surface area contributed by atoms with E-state index in [0.29, 0.717) is 13.1 Å². The van der Waals surface area contributed by atoms with E-state index in [9.17, 15) is 9.59 Å². The van der Waals surface area contributed by atoms with E-state index in [-0.39, 0.29) is 17.2 Å². The van der Waals surface area contributed by atoms with E-state index < -0.39 is 5.97 Å². The molecule has 0 spiro atoms. The molecule has 1 heterocycles. The highest BCUT2D eigenvalue weighted by atomic mass is 16.4. The molecule has 17 heavy (non-hydrogen) atoms. The van der Waals surface area contributed by atoms with E-state index >= 15 is 0 Å². The molecule has 0 aliphatic carbocycles. The fourth-order valence-corrected chi connectivity index (χ4v) is 1.37. The quantitative estimate of drug-likeness (QED) is 0.795. The van der Waals surface area contributed by atoms with Crippen LogP contribution in [0.15, 0.2) is 28.9 Å². The number of carbonyl (C=O) groups is 2. The Morgan fingerprint density at radius 3 is 2.59 bits per heavy atom. The summed E-state index contributed by atoms with van der Waals surface area (Å²) in [7, 11) is 0. The maximum atomic E-state index is 11.9. The molecule has 0 aromatic carbocycles. The molecule has 0 unspecified atom stereocenters. The molecule has 0 aliphatic rings. The average molecular weight is 237 g/mol. The van der Waals surface area contributed by atoms with E-state index in [0.717, 1.165) is 11.8 Å². The summed E-state index contributed by atoms with van der Waals surface area (Å²) >= 11 is 0. The van der Waals surface area contributed by atoms with Crippen LogP contribution in [-0.4, -0.2) is 35.0 Å². The van der Waals surface area contributed by atoms with Crippen molar-refractivity contribution in [2.24, 2.45) is 0 Å². The van der Waals surface area contributed by atoms with E-state index in [1.165, 1.54) is 11.0 Å². The van der Waals surface area contributed by atoms with Crippen molar-refractivity contribution in [3.05, 3.63) is 35.8 Å². The minimum atomic E-state index is -1.12. The minimum absolute atomic E-state index is 0.0280. The Morgan fingerprint density at radius 1 is 1.53 bits per heavy atom. The van der Waals surface area contributed by atoms with Gasteiger partial charge in [0.05, 0.1) is 5.56 Å².